The van der Waals surface area contributed by atoms with E-state index in [1.54, 1.807) is 0 Å². The number of carbonyl (C=O) groups excluding carboxylic acids is 2. The summed E-state index contributed by atoms with van der Waals surface area (Å²) in [4.78, 5) is 23.5. The molecule has 0 spiro atoms. The first kappa shape index (κ1) is 20.4. The molecule has 1 amide bonds. The molecule has 0 aliphatic carbocycles. The smallest absolute Gasteiger partial charge is 0.344 e. The summed E-state index contributed by atoms with van der Waals surface area (Å²) in [5, 5.41) is 2.20. The Morgan fingerprint density at radius 2 is 1.81 bits per heavy atom. The Morgan fingerprint density at radius 1 is 1.07 bits per heavy atom. The van der Waals surface area contributed by atoms with E-state index in [0.29, 0.717) is 11.8 Å². The summed E-state index contributed by atoms with van der Waals surface area (Å²) in [5.74, 6) is -2.36. The summed E-state index contributed by atoms with van der Waals surface area (Å²) in [6.45, 7) is 4.96. The SMILES string of the molecule is Cc1ccc(C(C)C)c(OCC(=O)OCC(=O)Nc2ccc(F)cc2F)c1. The van der Waals surface area contributed by atoms with Gasteiger partial charge in [-0.2, -0.15) is 0 Å². The molecule has 0 fully saturated rings. The molecule has 2 aromatic carbocycles. The van der Waals surface area contributed by atoms with Crippen molar-refractivity contribution in [2.45, 2.75) is 26.7 Å². The molecule has 0 heterocycles. The first-order chi connectivity index (χ1) is 12.8. The molecule has 2 aromatic rings. The van der Waals surface area contributed by atoms with Gasteiger partial charge in [-0.05, 0) is 42.2 Å². The van der Waals surface area contributed by atoms with Crippen LogP contribution in [0.5, 0.6) is 5.75 Å². The summed E-state index contributed by atoms with van der Waals surface area (Å²) in [6, 6.07) is 8.45. The summed E-state index contributed by atoms with van der Waals surface area (Å²) in [7, 11) is 0. The van der Waals surface area contributed by atoms with Crippen LogP contribution in [0.25, 0.3) is 0 Å². The third-order valence-corrected chi connectivity index (χ3v) is 3.71. The van der Waals surface area contributed by atoms with Crippen molar-refractivity contribution in [3.8, 4) is 5.75 Å². The molecular formula is C20H21F2NO4. The molecule has 0 aromatic heterocycles. The van der Waals surface area contributed by atoms with Crippen molar-refractivity contribution < 1.29 is 27.8 Å². The van der Waals surface area contributed by atoms with Crippen molar-refractivity contribution in [1.29, 1.82) is 0 Å². The zero-order chi connectivity index (χ0) is 20.0. The Balaban J connectivity index is 1.84. The van der Waals surface area contributed by atoms with E-state index >= 15 is 0 Å². The van der Waals surface area contributed by atoms with Crippen LogP contribution in [-0.4, -0.2) is 25.1 Å². The molecule has 27 heavy (non-hydrogen) atoms. The lowest BCUT2D eigenvalue weighted by atomic mass is 10.0. The standard InChI is InChI=1S/C20H21F2NO4/c1-12(2)15-6-4-13(3)8-18(15)26-11-20(25)27-10-19(24)23-17-7-5-14(21)9-16(17)22/h4-9,12H,10-11H2,1-3H3,(H,23,24). The van der Waals surface area contributed by atoms with Gasteiger partial charge in [-0.25, -0.2) is 13.6 Å². The van der Waals surface area contributed by atoms with Crippen LogP contribution in [0.15, 0.2) is 36.4 Å². The number of carbonyl (C=O) groups is 2. The Morgan fingerprint density at radius 3 is 2.48 bits per heavy atom. The van der Waals surface area contributed by atoms with E-state index in [2.05, 4.69) is 5.32 Å². The normalized spacial score (nSPS) is 10.6. The third kappa shape index (κ3) is 6.06. The summed E-state index contributed by atoms with van der Waals surface area (Å²) in [5.41, 5.74) is 1.75. The van der Waals surface area contributed by atoms with Crippen LogP contribution in [0.1, 0.15) is 30.9 Å². The molecule has 0 unspecified atom stereocenters. The number of esters is 1. The Hall–Kier alpha value is -2.96. The van der Waals surface area contributed by atoms with E-state index in [4.69, 9.17) is 9.47 Å². The van der Waals surface area contributed by atoms with Gasteiger partial charge in [0, 0.05) is 6.07 Å². The van der Waals surface area contributed by atoms with E-state index < -0.39 is 30.1 Å². The van der Waals surface area contributed by atoms with Crippen LogP contribution in [-0.2, 0) is 14.3 Å². The van der Waals surface area contributed by atoms with Crippen molar-refractivity contribution in [1.82, 2.24) is 0 Å². The van der Waals surface area contributed by atoms with Gasteiger partial charge in [0.25, 0.3) is 5.91 Å². The largest absolute Gasteiger partial charge is 0.482 e. The highest BCUT2D eigenvalue weighted by Gasteiger charge is 2.13. The van der Waals surface area contributed by atoms with Crippen molar-refractivity contribution in [3.63, 3.8) is 0 Å². The molecule has 5 nitrogen and oxygen atoms in total. The number of halogens is 2. The maximum atomic E-state index is 13.5. The van der Waals surface area contributed by atoms with Gasteiger partial charge in [0.05, 0.1) is 5.69 Å². The number of anilines is 1. The van der Waals surface area contributed by atoms with E-state index in [-0.39, 0.29) is 18.2 Å². The van der Waals surface area contributed by atoms with E-state index in [9.17, 15) is 18.4 Å². The molecule has 0 aliphatic rings. The first-order valence-electron chi connectivity index (χ1n) is 8.40. The Labute approximate surface area is 156 Å². The number of benzene rings is 2. The molecule has 0 atom stereocenters. The minimum atomic E-state index is -0.918. The van der Waals surface area contributed by atoms with Crippen LogP contribution in [0.4, 0.5) is 14.5 Å². The summed E-state index contributed by atoms with van der Waals surface area (Å²) < 4.78 is 36.6. The molecule has 0 saturated heterocycles. The zero-order valence-electron chi connectivity index (χ0n) is 15.3. The summed E-state index contributed by atoms with van der Waals surface area (Å²) in [6.07, 6.45) is 0. The van der Waals surface area contributed by atoms with Crippen LogP contribution < -0.4 is 10.1 Å². The fraction of sp³-hybridized carbons (Fsp3) is 0.300. The first-order valence-corrected chi connectivity index (χ1v) is 8.40. The van der Waals surface area contributed by atoms with Crippen molar-refractivity contribution in [2.75, 3.05) is 18.5 Å². The van der Waals surface area contributed by atoms with Crippen LogP contribution in [0.2, 0.25) is 0 Å². The quantitative estimate of drug-likeness (QED) is 0.742. The second-order valence-corrected chi connectivity index (χ2v) is 6.32. The zero-order valence-corrected chi connectivity index (χ0v) is 15.3. The minimum Gasteiger partial charge on any atom is -0.482 e. The van der Waals surface area contributed by atoms with Crippen LogP contribution in [0, 0.1) is 18.6 Å². The van der Waals surface area contributed by atoms with E-state index in [1.807, 2.05) is 39.0 Å². The number of nitrogens with one attached hydrogen (secondary N) is 1. The maximum Gasteiger partial charge on any atom is 0.344 e. The molecule has 0 saturated carbocycles. The molecular weight excluding hydrogens is 356 g/mol. The van der Waals surface area contributed by atoms with Crippen molar-refractivity contribution in [3.05, 3.63) is 59.2 Å². The molecule has 2 rings (SSSR count). The average Bonchev–Trinajstić information content (AvgIpc) is 2.60. The molecule has 7 heteroatoms. The topological polar surface area (TPSA) is 64.6 Å². The monoisotopic (exact) mass is 377 g/mol. The Bertz CT molecular complexity index is 837. The lowest BCUT2D eigenvalue weighted by molar-refractivity contribution is -0.149. The molecule has 1 N–H and O–H groups in total. The average molecular weight is 377 g/mol. The predicted molar refractivity (Wildman–Crippen MR) is 96.7 cm³/mol. The Kier molecular flexibility index (Phi) is 6.87. The van der Waals surface area contributed by atoms with Gasteiger partial charge in [0.15, 0.2) is 13.2 Å². The van der Waals surface area contributed by atoms with Crippen molar-refractivity contribution in [2.24, 2.45) is 0 Å². The third-order valence-electron chi connectivity index (χ3n) is 3.71. The second-order valence-electron chi connectivity index (χ2n) is 6.32. The number of aryl methyl sites for hydroxylation is 1. The lowest BCUT2D eigenvalue weighted by Gasteiger charge is -2.14. The lowest BCUT2D eigenvalue weighted by Crippen LogP contribution is -2.24. The van der Waals surface area contributed by atoms with E-state index in [1.165, 1.54) is 0 Å². The highest BCUT2D eigenvalue weighted by molar-refractivity contribution is 5.92. The number of ether oxygens (including phenoxy) is 2. The van der Waals surface area contributed by atoms with Gasteiger partial charge in [-0.3, -0.25) is 4.79 Å². The number of amides is 1. The van der Waals surface area contributed by atoms with E-state index in [0.717, 1.165) is 23.3 Å². The van der Waals surface area contributed by atoms with Crippen molar-refractivity contribution >= 4 is 17.6 Å². The van der Waals surface area contributed by atoms with Gasteiger partial charge in [-0.1, -0.05) is 26.0 Å². The van der Waals surface area contributed by atoms with Gasteiger partial charge < -0.3 is 14.8 Å². The predicted octanol–water partition coefficient (Wildman–Crippen LogP) is 3.96. The minimum absolute atomic E-state index is 0.199. The van der Waals surface area contributed by atoms with Gasteiger partial charge in [-0.15, -0.1) is 0 Å². The fourth-order valence-corrected chi connectivity index (χ4v) is 2.35. The molecule has 144 valence electrons. The molecule has 0 aliphatic heterocycles. The summed E-state index contributed by atoms with van der Waals surface area (Å²) >= 11 is 0. The second kappa shape index (κ2) is 9.12. The number of hydrogen-bond donors (Lipinski definition) is 1. The van der Waals surface area contributed by atoms with Gasteiger partial charge in [0.2, 0.25) is 0 Å². The van der Waals surface area contributed by atoms with Gasteiger partial charge in [0.1, 0.15) is 17.4 Å². The highest BCUT2D eigenvalue weighted by atomic mass is 19.1. The highest BCUT2D eigenvalue weighted by Crippen LogP contribution is 2.27. The van der Waals surface area contributed by atoms with Crippen LogP contribution >= 0.6 is 0 Å². The fourth-order valence-electron chi connectivity index (χ4n) is 2.35. The molecule has 0 radical (unpaired) electrons. The molecule has 0 bridgehead atoms. The maximum absolute atomic E-state index is 13.5. The van der Waals surface area contributed by atoms with Crippen LogP contribution in [0.3, 0.4) is 0 Å². The number of rotatable bonds is 7. The van der Waals surface area contributed by atoms with Gasteiger partial charge >= 0.3 is 5.97 Å². The number of hydrogen-bond acceptors (Lipinski definition) is 4.